The standard InChI is InChI=1S/C14H13ClO2S/c1-8-4-5-18-14(8)13-7-11(16)10-6-9(15)2-3-12(10)17-13/h2-6,11,13,16H,7H2,1H3/t11-,13?/m0/s1. The highest BCUT2D eigenvalue weighted by Crippen LogP contribution is 2.43. The number of fused-ring (bicyclic) bond motifs is 1. The minimum Gasteiger partial charge on any atom is -0.484 e. The van der Waals surface area contributed by atoms with Crippen molar-refractivity contribution >= 4 is 22.9 Å². The molecule has 94 valence electrons. The van der Waals surface area contributed by atoms with E-state index >= 15 is 0 Å². The van der Waals surface area contributed by atoms with Crippen molar-refractivity contribution < 1.29 is 9.84 Å². The predicted molar refractivity (Wildman–Crippen MR) is 73.5 cm³/mol. The Bertz CT molecular complexity index is 579. The Morgan fingerprint density at radius 1 is 1.39 bits per heavy atom. The van der Waals surface area contributed by atoms with Gasteiger partial charge in [-0.05, 0) is 42.1 Å². The van der Waals surface area contributed by atoms with Crippen LogP contribution in [0.3, 0.4) is 0 Å². The number of rotatable bonds is 1. The number of aliphatic hydroxyl groups is 1. The molecule has 1 aliphatic heterocycles. The van der Waals surface area contributed by atoms with Crippen molar-refractivity contribution in [1.82, 2.24) is 0 Å². The van der Waals surface area contributed by atoms with E-state index in [-0.39, 0.29) is 6.10 Å². The second-order valence-corrected chi connectivity index (χ2v) is 5.89. The zero-order chi connectivity index (χ0) is 12.7. The SMILES string of the molecule is Cc1ccsc1C1C[C@H](O)c2cc(Cl)ccc2O1. The highest BCUT2D eigenvalue weighted by atomic mass is 35.5. The van der Waals surface area contributed by atoms with E-state index in [4.69, 9.17) is 16.3 Å². The summed E-state index contributed by atoms with van der Waals surface area (Å²) in [6.07, 6.45) is 0.00180. The van der Waals surface area contributed by atoms with E-state index in [0.717, 1.165) is 11.3 Å². The van der Waals surface area contributed by atoms with Gasteiger partial charge in [0.1, 0.15) is 11.9 Å². The number of aryl methyl sites for hydroxylation is 1. The Labute approximate surface area is 115 Å². The Balaban J connectivity index is 1.97. The van der Waals surface area contributed by atoms with Crippen LogP contribution in [0.5, 0.6) is 5.75 Å². The third kappa shape index (κ3) is 2.03. The van der Waals surface area contributed by atoms with Gasteiger partial charge < -0.3 is 9.84 Å². The second-order valence-electron chi connectivity index (χ2n) is 4.51. The average Bonchev–Trinajstić information content (AvgIpc) is 2.76. The molecule has 0 saturated heterocycles. The fraction of sp³-hybridized carbons (Fsp3) is 0.286. The molecule has 4 heteroatoms. The lowest BCUT2D eigenvalue weighted by Gasteiger charge is -2.29. The molecular weight excluding hydrogens is 268 g/mol. The smallest absolute Gasteiger partial charge is 0.136 e. The van der Waals surface area contributed by atoms with Crippen molar-refractivity contribution in [2.75, 3.05) is 0 Å². The first-order valence-corrected chi connectivity index (χ1v) is 7.09. The van der Waals surface area contributed by atoms with Gasteiger partial charge in [0.05, 0.1) is 6.10 Å². The van der Waals surface area contributed by atoms with Gasteiger partial charge in [0, 0.05) is 21.9 Å². The van der Waals surface area contributed by atoms with Crippen LogP contribution >= 0.6 is 22.9 Å². The summed E-state index contributed by atoms with van der Waals surface area (Å²) in [6.45, 7) is 2.07. The van der Waals surface area contributed by atoms with Gasteiger partial charge in [-0.2, -0.15) is 0 Å². The molecule has 1 unspecified atom stereocenters. The fourth-order valence-corrected chi connectivity index (χ4v) is 3.44. The van der Waals surface area contributed by atoms with Crippen LogP contribution in [0, 0.1) is 6.92 Å². The maximum atomic E-state index is 10.2. The first kappa shape index (κ1) is 12.0. The number of hydrogen-bond acceptors (Lipinski definition) is 3. The van der Waals surface area contributed by atoms with Gasteiger partial charge in [-0.3, -0.25) is 0 Å². The molecule has 0 fully saturated rings. The summed E-state index contributed by atoms with van der Waals surface area (Å²) in [6, 6.07) is 7.47. The molecular formula is C14H13ClO2S. The van der Waals surface area contributed by atoms with Crippen molar-refractivity contribution in [3.8, 4) is 5.75 Å². The Hall–Kier alpha value is -1.03. The van der Waals surface area contributed by atoms with E-state index in [1.165, 1.54) is 10.4 Å². The molecule has 0 saturated carbocycles. The van der Waals surface area contributed by atoms with Gasteiger partial charge in [0.25, 0.3) is 0 Å². The van der Waals surface area contributed by atoms with Crippen molar-refractivity contribution in [2.45, 2.75) is 25.6 Å². The average molecular weight is 281 g/mol. The van der Waals surface area contributed by atoms with E-state index in [1.54, 1.807) is 23.5 Å². The Morgan fingerprint density at radius 3 is 2.94 bits per heavy atom. The maximum Gasteiger partial charge on any atom is 0.136 e. The summed E-state index contributed by atoms with van der Waals surface area (Å²) in [7, 11) is 0. The van der Waals surface area contributed by atoms with Gasteiger partial charge >= 0.3 is 0 Å². The third-order valence-corrected chi connectivity index (χ3v) is 4.58. The molecule has 2 heterocycles. The first-order chi connectivity index (χ1) is 8.65. The van der Waals surface area contributed by atoms with Gasteiger partial charge in [-0.15, -0.1) is 11.3 Å². The summed E-state index contributed by atoms with van der Waals surface area (Å²) in [5.41, 5.74) is 2.00. The normalized spacial score (nSPS) is 22.4. The van der Waals surface area contributed by atoms with Crippen LogP contribution in [0.25, 0.3) is 0 Å². The van der Waals surface area contributed by atoms with E-state index in [0.29, 0.717) is 11.4 Å². The lowest BCUT2D eigenvalue weighted by Crippen LogP contribution is -2.18. The van der Waals surface area contributed by atoms with Crippen molar-refractivity contribution in [2.24, 2.45) is 0 Å². The minimum absolute atomic E-state index is 0.0614. The van der Waals surface area contributed by atoms with Gasteiger partial charge in [-0.25, -0.2) is 0 Å². The molecule has 1 N–H and O–H groups in total. The van der Waals surface area contributed by atoms with Crippen molar-refractivity contribution in [1.29, 1.82) is 0 Å². The fourth-order valence-electron chi connectivity index (χ4n) is 2.29. The van der Waals surface area contributed by atoms with Crippen molar-refractivity contribution in [3.63, 3.8) is 0 Å². The minimum atomic E-state index is -0.515. The van der Waals surface area contributed by atoms with Crippen LogP contribution in [0.1, 0.15) is 34.6 Å². The molecule has 0 amide bonds. The predicted octanol–water partition coefficient (Wildman–Crippen LogP) is 4.27. The number of thiophene rings is 1. The number of benzene rings is 1. The summed E-state index contributed by atoms with van der Waals surface area (Å²) in [5.74, 6) is 0.732. The molecule has 1 aliphatic rings. The van der Waals surface area contributed by atoms with Crippen LogP contribution in [-0.4, -0.2) is 5.11 Å². The number of aliphatic hydroxyl groups excluding tert-OH is 1. The molecule has 1 aromatic heterocycles. The number of ether oxygens (including phenoxy) is 1. The molecule has 2 nitrogen and oxygen atoms in total. The van der Waals surface area contributed by atoms with E-state index < -0.39 is 6.10 Å². The lowest BCUT2D eigenvalue weighted by atomic mass is 9.97. The summed E-state index contributed by atoms with van der Waals surface area (Å²) >= 11 is 7.61. The molecule has 0 spiro atoms. The van der Waals surface area contributed by atoms with E-state index in [9.17, 15) is 5.11 Å². The zero-order valence-corrected chi connectivity index (χ0v) is 11.5. The highest BCUT2D eigenvalue weighted by Gasteiger charge is 2.29. The summed E-state index contributed by atoms with van der Waals surface area (Å²) < 4.78 is 5.97. The van der Waals surface area contributed by atoms with Gasteiger partial charge in [-0.1, -0.05) is 11.6 Å². The maximum absolute atomic E-state index is 10.2. The van der Waals surface area contributed by atoms with Crippen LogP contribution in [0.4, 0.5) is 0 Å². The van der Waals surface area contributed by atoms with Crippen molar-refractivity contribution in [3.05, 3.63) is 50.7 Å². The first-order valence-electron chi connectivity index (χ1n) is 5.83. The van der Waals surface area contributed by atoms with Crippen LogP contribution in [0.15, 0.2) is 29.6 Å². The van der Waals surface area contributed by atoms with Gasteiger partial charge in [0.2, 0.25) is 0 Å². The van der Waals surface area contributed by atoms with Gasteiger partial charge in [0.15, 0.2) is 0 Å². The van der Waals surface area contributed by atoms with Crippen LogP contribution < -0.4 is 4.74 Å². The lowest BCUT2D eigenvalue weighted by molar-refractivity contribution is 0.0672. The summed E-state index contributed by atoms with van der Waals surface area (Å²) in [5, 5.41) is 12.9. The highest BCUT2D eigenvalue weighted by molar-refractivity contribution is 7.10. The third-order valence-electron chi connectivity index (χ3n) is 3.23. The van der Waals surface area contributed by atoms with Crippen LogP contribution in [0.2, 0.25) is 5.02 Å². The molecule has 2 aromatic rings. The largest absolute Gasteiger partial charge is 0.484 e. The molecule has 0 radical (unpaired) electrons. The molecule has 18 heavy (non-hydrogen) atoms. The molecule has 0 bridgehead atoms. The number of halogens is 1. The zero-order valence-electron chi connectivity index (χ0n) is 9.89. The van der Waals surface area contributed by atoms with Crippen LogP contribution in [-0.2, 0) is 0 Å². The quantitative estimate of drug-likeness (QED) is 0.845. The molecule has 3 rings (SSSR count). The molecule has 0 aliphatic carbocycles. The monoisotopic (exact) mass is 280 g/mol. The molecule has 1 aromatic carbocycles. The Morgan fingerprint density at radius 2 is 2.22 bits per heavy atom. The van der Waals surface area contributed by atoms with E-state index in [2.05, 4.69) is 18.4 Å². The molecule has 2 atom stereocenters. The number of hydrogen-bond donors (Lipinski definition) is 1. The second kappa shape index (κ2) is 4.57. The summed E-state index contributed by atoms with van der Waals surface area (Å²) in [4.78, 5) is 1.19. The topological polar surface area (TPSA) is 29.5 Å². The Kier molecular flexibility index (Phi) is 3.06. The van der Waals surface area contributed by atoms with E-state index in [1.807, 2.05) is 6.07 Å².